The molecule has 108 valence electrons. The van der Waals surface area contributed by atoms with Gasteiger partial charge in [0, 0.05) is 25.2 Å². The van der Waals surface area contributed by atoms with Crippen molar-refractivity contribution in [2.75, 3.05) is 11.9 Å². The van der Waals surface area contributed by atoms with Crippen molar-refractivity contribution in [1.82, 2.24) is 9.55 Å². The number of nitrogens with zero attached hydrogens (tertiary/aromatic N) is 2. The zero-order chi connectivity index (χ0) is 15.2. The van der Waals surface area contributed by atoms with Crippen molar-refractivity contribution in [1.29, 1.82) is 0 Å². The summed E-state index contributed by atoms with van der Waals surface area (Å²) in [5.74, 6) is 5.56. The zero-order valence-electron chi connectivity index (χ0n) is 12.1. The second-order valence-electron chi connectivity index (χ2n) is 4.70. The van der Waals surface area contributed by atoms with E-state index in [2.05, 4.69) is 22.1 Å². The molecule has 5 nitrogen and oxygen atoms in total. The summed E-state index contributed by atoms with van der Waals surface area (Å²) in [5, 5.41) is 11.6. The van der Waals surface area contributed by atoms with E-state index in [1.165, 1.54) is 0 Å². The van der Waals surface area contributed by atoms with Crippen LogP contribution in [0, 0.1) is 18.8 Å². The predicted molar refractivity (Wildman–Crippen MR) is 80.9 cm³/mol. The van der Waals surface area contributed by atoms with E-state index in [-0.39, 0.29) is 12.5 Å². The summed E-state index contributed by atoms with van der Waals surface area (Å²) in [6, 6.07) is 5.63. The van der Waals surface area contributed by atoms with Gasteiger partial charge in [-0.1, -0.05) is 17.9 Å². The van der Waals surface area contributed by atoms with E-state index in [0.29, 0.717) is 17.8 Å². The highest BCUT2D eigenvalue weighted by atomic mass is 16.2. The Kier molecular flexibility index (Phi) is 4.75. The normalized spacial score (nSPS) is 9.86. The standard InChI is InChI=1S/C16H17N3O2/c1-12-6-7-14(13(9-12)5-3-4-8-20)18-16(21)15-10-19(2)11-17-15/h6-7,9-11,20H,4,8H2,1-2H3,(H,18,21). The van der Waals surface area contributed by atoms with Gasteiger partial charge in [-0.05, 0) is 24.6 Å². The maximum absolute atomic E-state index is 12.1. The summed E-state index contributed by atoms with van der Waals surface area (Å²) >= 11 is 0. The lowest BCUT2D eigenvalue weighted by atomic mass is 10.1. The Bertz CT molecular complexity index is 708. The van der Waals surface area contributed by atoms with Crippen molar-refractivity contribution in [2.45, 2.75) is 13.3 Å². The first-order valence-corrected chi connectivity index (χ1v) is 6.60. The van der Waals surface area contributed by atoms with E-state index < -0.39 is 0 Å². The predicted octanol–water partition coefficient (Wildman–Crippen LogP) is 1.71. The van der Waals surface area contributed by atoms with E-state index >= 15 is 0 Å². The van der Waals surface area contributed by atoms with E-state index in [4.69, 9.17) is 5.11 Å². The van der Waals surface area contributed by atoms with Gasteiger partial charge in [-0.3, -0.25) is 4.79 Å². The number of hydrogen-bond donors (Lipinski definition) is 2. The van der Waals surface area contributed by atoms with Crippen molar-refractivity contribution >= 4 is 11.6 Å². The van der Waals surface area contributed by atoms with E-state index in [1.54, 1.807) is 24.1 Å². The highest BCUT2D eigenvalue weighted by molar-refractivity contribution is 6.03. The number of aromatic nitrogens is 2. The van der Waals surface area contributed by atoms with E-state index in [1.807, 2.05) is 25.1 Å². The first-order chi connectivity index (χ1) is 10.1. The third-order valence-corrected chi connectivity index (χ3v) is 2.82. The van der Waals surface area contributed by atoms with Crippen LogP contribution >= 0.6 is 0 Å². The Balaban J connectivity index is 2.23. The molecule has 1 heterocycles. The fraction of sp³-hybridized carbons (Fsp3) is 0.250. The number of hydrogen-bond acceptors (Lipinski definition) is 3. The highest BCUT2D eigenvalue weighted by Gasteiger charge is 2.10. The largest absolute Gasteiger partial charge is 0.395 e. The fourth-order valence-electron chi connectivity index (χ4n) is 1.80. The molecule has 0 aliphatic rings. The molecule has 0 aliphatic heterocycles. The maximum atomic E-state index is 12.1. The first kappa shape index (κ1) is 14.8. The van der Waals surface area contributed by atoms with Gasteiger partial charge in [0.2, 0.25) is 0 Å². The molecule has 2 aromatic rings. The van der Waals surface area contributed by atoms with Crippen molar-refractivity contribution in [3.63, 3.8) is 0 Å². The van der Waals surface area contributed by atoms with Crippen LogP contribution < -0.4 is 5.32 Å². The zero-order valence-corrected chi connectivity index (χ0v) is 12.1. The summed E-state index contributed by atoms with van der Waals surface area (Å²) in [6.45, 7) is 1.98. The van der Waals surface area contributed by atoms with Gasteiger partial charge in [0.05, 0.1) is 18.6 Å². The van der Waals surface area contributed by atoms with Gasteiger partial charge < -0.3 is 15.0 Å². The molecular formula is C16H17N3O2. The summed E-state index contributed by atoms with van der Waals surface area (Å²) in [7, 11) is 1.81. The van der Waals surface area contributed by atoms with Gasteiger partial charge in [-0.25, -0.2) is 4.98 Å². The smallest absolute Gasteiger partial charge is 0.275 e. The minimum absolute atomic E-state index is 0.0223. The average molecular weight is 283 g/mol. The molecule has 1 aromatic carbocycles. The molecule has 0 radical (unpaired) electrons. The Labute approximate surface area is 123 Å². The van der Waals surface area contributed by atoms with Gasteiger partial charge in [0.1, 0.15) is 5.69 Å². The van der Waals surface area contributed by atoms with Crippen LogP contribution in [0.3, 0.4) is 0 Å². The Morgan fingerprint density at radius 1 is 1.48 bits per heavy atom. The lowest BCUT2D eigenvalue weighted by Crippen LogP contribution is -2.13. The highest BCUT2D eigenvalue weighted by Crippen LogP contribution is 2.17. The monoisotopic (exact) mass is 283 g/mol. The number of carbonyl (C=O) groups excluding carboxylic acids is 1. The summed E-state index contributed by atoms with van der Waals surface area (Å²) in [4.78, 5) is 16.1. The fourth-order valence-corrected chi connectivity index (χ4v) is 1.80. The second-order valence-corrected chi connectivity index (χ2v) is 4.70. The van der Waals surface area contributed by atoms with Crippen LogP contribution in [0.5, 0.6) is 0 Å². The number of imidazole rings is 1. The first-order valence-electron chi connectivity index (χ1n) is 6.60. The third kappa shape index (κ3) is 3.94. The minimum atomic E-state index is -0.273. The molecule has 2 N–H and O–H groups in total. The molecular weight excluding hydrogens is 266 g/mol. The quantitative estimate of drug-likeness (QED) is 0.843. The number of rotatable bonds is 3. The van der Waals surface area contributed by atoms with Crippen LogP contribution in [0.25, 0.3) is 0 Å². The Morgan fingerprint density at radius 3 is 2.95 bits per heavy atom. The Hall–Kier alpha value is -2.58. The number of aryl methyl sites for hydroxylation is 2. The maximum Gasteiger partial charge on any atom is 0.275 e. The van der Waals surface area contributed by atoms with Crippen LogP contribution in [0.2, 0.25) is 0 Å². The molecule has 0 saturated heterocycles. The molecule has 0 atom stereocenters. The summed E-state index contributed by atoms with van der Waals surface area (Å²) < 4.78 is 1.71. The molecule has 0 unspecified atom stereocenters. The van der Waals surface area contributed by atoms with Crippen LogP contribution in [0.15, 0.2) is 30.7 Å². The third-order valence-electron chi connectivity index (χ3n) is 2.82. The van der Waals surface area contributed by atoms with Crippen molar-refractivity contribution < 1.29 is 9.90 Å². The second kappa shape index (κ2) is 6.73. The van der Waals surface area contributed by atoms with Crippen LogP contribution in [0.1, 0.15) is 28.0 Å². The van der Waals surface area contributed by atoms with Crippen LogP contribution in [-0.2, 0) is 7.05 Å². The molecule has 2 rings (SSSR count). The average Bonchev–Trinajstić information content (AvgIpc) is 2.88. The lowest BCUT2D eigenvalue weighted by Gasteiger charge is -2.07. The number of amides is 1. The number of aliphatic hydroxyl groups excluding tert-OH is 1. The SMILES string of the molecule is Cc1ccc(NC(=O)c2cn(C)cn2)c(C#CCCO)c1. The summed E-state index contributed by atoms with van der Waals surface area (Å²) in [5.41, 5.74) is 2.78. The van der Waals surface area contributed by atoms with Crippen LogP contribution in [0.4, 0.5) is 5.69 Å². The van der Waals surface area contributed by atoms with E-state index in [0.717, 1.165) is 11.1 Å². The van der Waals surface area contributed by atoms with Crippen molar-refractivity contribution in [2.24, 2.45) is 7.05 Å². The van der Waals surface area contributed by atoms with Crippen molar-refractivity contribution in [3.05, 3.63) is 47.5 Å². The molecule has 0 fully saturated rings. The molecule has 0 bridgehead atoms. The molecule has 0 saturated carbocycles. The number of anilines is 1. The van der Waals surface area contributed by atoms with Gasteiger partial charge in [-0.2, -0.15) is 0 Å². The van der Waals surface area contributed by atoms with Gasteiger partial charge in [0.25, 0.3) is 5.91 Å². The van der Waals surface area contributed by atoms with Crippen LogP contribution in [-0.4, -0.2) is 27.2 Å². The minimum Gasteiger partial charge on any atom is -0.395 e. The number of aliphatic hydroxyl groups is 1. The molecule has 1 amide bonds. The molecule has 0 spiro atoms. The molecule has 1 aromatic heterocycles. The lowest BCUT2D eigenvalue weighted by molar-refractivity contribution is 0.102. The van der Waals surface area contributed by atoms with E-state index in [9.17, 15) is 4.79 Å². The van der Waals surface area contributed by atoms with Gasteiger partial charge >= 0.3 is 0 Å². The molecule has 5 heteroatoms. The Morgan fingerprint density at radius 2 is 2.29 bits per heavy atom. The van der Waals surface area contributed by atoms with Gasteiger partial charge in [-0.15, -0.1) is 0 Å². The number of nitrogens with one attached hydrogen (secondary N) is 1. The number of carbonyl (C=O) groups is 1. The van der Waals surface area contributed by atoms with Gasteiger partial charge in [0.15, 0.2) is 0 Å². The topological polar surface area (TPSA) is 67.2 Å². The number of benzene rings is 1. The van der Waals surface area contributed by atoms with Crippen molar-refractivity contribution in [3.8, 4) is 11.8 Å². The molecule has 21 heavy (non-hydrogen) atoms. The molecule has 0 aliphatic carbocycles. The summed E-state index contributed by atoms with van der Waals surface area (Å²) in [6.07, 6.45) is 3.63.